The molecule has 0 bridgehead atoms. The first-order valence-electron chi connectivity index (χ1n) is 6.15. The van der Waals surface area contributed by atoms with Gasteiger partial charge in [0.1, 0.15) is 11.3 Å². The van der Waals surface area contributed by atoms with E-state index in [9.17, 15) is 0 Å². The van der Waals surface area contributed by atoms with Crippen molar-refractivity contribution in [3.8, 4) is 10.7 Å². The molecule has 0 spiro atoms. The Morgan fingerprint density at radius 2 is 2.26 bits per heavy atom. The number of hydrogen-bond donors (Lipinski definition) is 1. The molecule has 0 unspecified atom stereocenters. The Kier molecular flexibility index (Phi) is 2.83. The number of nitrogens with one attached hydrogen (secondary N) is 1. The SMILES string of the molecule is Clc1cccc2[nH]c(-c3cc4c(s3)CCSC4)nc12. The van der Waals surface area contributed by atoms with E-state index in [1.165, 1.54) is 27.5 Å². The highest BCUT2D eigenvalue weighted by Gasteiger charge is 2.16. The summed E-state index contributed by atoms with van der Waals surface area (Å²) in [5.41, 5.74) is 3.34. The van der Waals surface area contributed by atoms with Gasteiger partial charge < -0.3 is 4.98 Å². The van der Waals surface area contributed by atoms with Crippen LogP contribution in [-0.2, 0) is 12.2 Å². The molecule has 19 heavy (non-hydrogen) atoms. The van der Waals surface area contributed by atoms with Gasteiger partial charge in [0.15, 0.2) is 0 Å². The molecule has 2 aromatic heterocycles. The molecule has 1 aromatic carbocycles. The van der Waals surface area contributed by atoms with Gasteiger partial charge >= 0.3 is 0 Å². The summed E-state index contributed by atoms with van der Waals surface area (Å²) >= 11 is 10.0. The van der Waals surface area contributed by atoms with Crippen molar-refractivity contribution in [3.05, 3.63) is 39.7 Å². The molecule has 5 heteroatoms. The highest BCUT2D eigenvalue weighted by molar-refractivity contribution is 7.98. The number of rotatable bonds is 1. The van der Waals surface area contributed by atoms with Crippen LogP contribution in [0.3, 0.4) is 0 Å². The zero-order valence-electron chi connectivity index (χ0n) is 10.1. The normalized spacial score (nSPS) is 14.8. The van der Waals surface area contributed by atoms with Gasteiger partial charge in [0.25, 0.3) is 0 Å². The number of aromatic amines is 1. The lowest BCUT2D eigenvalue weighted by molar-refractivity contribution is 1.13. The molecule has 1 N–H and O–H groups in total. The van der Waals surface area contributed by atoms with Gasteiger partial charge in [-0.05, 0) is 35.9 Å². The minimum absolute atomic E-state index is 0.705. The summed E-state index contributed by atoms with van der Waals surface area (Å²) < 4.78 is 0. The zero-order valence-corrected chi connectivity index (χ0v) is 12.5. The number of hydrogen-bond acceptors (Lipinski definition) is 3. The summed E-state index contributed by atoms with van der Waals surface area (Å²) in [6, 6.07) is 8.12. The third-order valence-corrected chi connectivity index (χ3v) is 5.88. The zero-order chi connectivity index (χ0) is 12.8. The number of halogens is 1. The number of thioether (sulfide) groups is 1. The quantitative estimate of drug-likeness (QED) is 0.704. The van der Waals surface area contributed by atoms with Crippen molar-refractivity contribution in [1.82, 2.24) is 9.97 Å². The smallest absolute Gasteiger partial charge is 0.148 e. The van der Waals surface area contributed by atoms with Crippen molar-refractivity contribution < 1.29 is 0 Å². The summed E-state index contributed by atoms with van der Waals surface area (Å²) in [7, 11) is 0. The highest BCUT2D eigenvalue weighted by atomic mass is 35.5. The second-order valence-electron chi connectivity index (χ2n) is 4.58. The fraction of sp³-hybridized carbons (Fsp3) is 0.214. The van der Waals surface area contributed by atoms with Gasteiger partial charge in [0, 0.05) is 10.6 Å². The Bertz CT molecular complexity index is 736. The van der Waals surface area contributed by atoms with Crippen LogP contribution in [0.25, 0.3) is 21.7 Å². The lowest BCUT2D eigenvalue weighted by Crippen LogP contribution is -1.96. The van der Waals surface area contributed by atoms with Crippen LogP contribution in [-0.4, -0.2) is 15.7 Å². The first-order chi connectivity index (χ1) is 9.31. The minimum atomic E-state index is 0.705. The van der Waals surface area contributed by atoms with E-state index < -0.39 is 0 Å². The van der Waals surface area contributed by atoms with Crippen LogP contribution in [0, 0.1) is 0 Å². The number of thiophene rings is 1. The molecule has 0 radical (unpaired) electrons. The van der Waals surface area contributed by atoms with E-state index >= 15 is 0 Å². The topological polar surface area (TPSA) is 28.7 Å². The summed E-state index contributed by atoms with van der Waals surface area (Å²) in [4.78, 5) is 10.7. The van der Waals surface area contributed by atoms with Crippen LogP contribution in [0.15, 0.2) is 24.3 Å². The van der Waals surface area contributed by atoms with Crippen LogP contribution in [0.2, 0.25) is 5.02 Å². The van der Waals surface area contributed by atoms with Crippen LogP contribution in [0.1, 0.15) is 10.4 Å². The predicted octanol–water partition coefficient (Wildman–Crippen LogP) is 4.73. The van der Waals surface area contributed by atoms with E-state index in [4.69, 9.17) is 11.6 Å². The van der Waals surface area contributed by atoms with Crippen molar-refractivity contribution >= 4 is 45.7 Å². The fourth-order valence-electron chi connectivity index (χ4n) is 2.38. The van der Waals surface area contributed by atoms with E-state index in [1.54, 1.807) is 0 Å². The van der Waals surface area contributed by atoms with Gasteiger partial charge in [-0.1, -0.05) is 17.7 Å². The number of H-pyrrole nitrogens is 1. The van der Waals surface area contributed by atoms with Gasteiger partial charge in [-0.3, -0.25) is 0 Å². The maximum absolute atomic E-state index is 6.18. The predicted molar refractivity (Wildman–Crippen MR) is 84.3 cm³/mol. The highest BCUT2D eigenvalue weighted by Crippen LogP contribution is 2.37. The lowest BCUT2D eigenvalue weighted by Gasteiger charge is -2.08. The number of para-hydroxylation sites is 1. The van der Waals surface area contributed by atoms with Crippen molar-refractivity contribution in [3.63, 3.8) is 0 Å². The average molecular weight is 307 g/mol. The van der Waals surface area contributed by atoms with Crippen LogP contribution < -0.4 is 0 Å². The standard InChI is InChI=1S/C14H11ClN2S2/c15-9-2-1-3-10-13(9)17-14(16-10)12-6-8-7-18-5-4-11(8)19-12/h1-3,6H,4-5,7H2,(H,16,17). The second-order valence-corrected chi connectivity index (χ2v) is 7.23. The molecule has 0 atom stereocenters. The average Bonchev–Trinajstić information content (AvgIpc) is 3.02. The third kappa shape index (κ3) is 1.98. The van der Waals surface area contributed by atoms with Gasteiger partial charge in [-0.15, -0.1) is 11.3 Å². The van der Waals surface area contributed by atoms with Crippen molar-refractivity contribution in [2.75, 3.05) is 5.75 Å². The van der Waals surface area contributed by atoms with Crippen molar-refractivity contribution in [1.29, 1.82) is 0 Å². The fourth-order valence-corrected chi connectivity index (χ4v) is 4.91. The second kappa shape index (κ2) is 4.54. The molecule has 4 rings (SSSR count). The Morgan fingerprint density at radius 1 is 1.32 bits per heavy atom. The molecule has 3 heterocycles. The van der Waals surface area contributed by atoms with E-state index in [0.29, 0.717) is 5.02 Å². The number of benzene rings is 1. The molecule has 96 valence electrons. The summed E-state index contributed by atoms with van der Waals surface area (Å²) in [5, 5.41) is 0.705. The number of nitrogens with zero attached hydrogens (tertiary/aromatic N) is 1. The molecular weight excluding hydrogens is 296 g/mol. The first kappa shape index (κ1) is 11.8. The maximum Gasteiger partial charge on any atom is 0.148 e. The van der Waals surface area contributed by atoms with Crippen molar-refractivity contribution in [2.24, 2.45) is 0 Å². The maximum atomic E-state index is 6.18. The summed E-state index contributed by atoms with van der Waals surface area (Å²) in [5.74, 6) is 3.30. The van der Waals surface area contributed by atoms with E-state index in [-0.39, 0.29) is 0 Å². The van der Waals surface area contributed by atoms with Gasteiger partial charge in [0.2, 0.25) is 0 Å². The third-order valence-electron chi connectivity index (χ3n) is 3.32. The molecule has 0 saturated heterocycles. The van der Waals surface area contributed by atoms with Gasteiger partial charge in [-0.2, -0.15) is 11.8 Å². The van der Waals surface area contributed by atoms with Crippen molar-refractivity contribution in [2.45, 2.75) is 12.2 Å². The monoisotopic (exact) mass is 306 g/mol. The Balaban J connectivity index is 1.85. The Morgan fingerprint density at radius 3 is 3.11 bits per heavy atom. The molecule has 0 amide bonds. The molecule has 0 aliphatic carbocycles. The first-order valence-corrected chi connectivity index (χ1v) is 8.50. The van der Waals surface area contributed by atoms with E-state index in [0.717, 1.165) is 22.6 Å². The molecule has 0 fully saturated rings. The summed E-state index contributed by atoms with van der Waals surface area (Å²) in [6.45, 7) is 0. The molecule has 0 saturated carbocycles. The van der Waals surface area contributed by atoms with E-state index in [2.05, 4.69) is 16.0 Å². The van der Waals surface area contributed by atoms with Gasteiger partial charge in [-0.25, -0.2) is 4.98 Å². The molecule has 3 aromatic rings. The number of aromatic nitrogens is 2. The molecule has 1 aliphatic heterocycles. The molecule has 1 aliphatic rings. The minimum Gasteiger partial charge on any atom is -0.337 e. The largest absolute Gasteiger partial charge is 0.337 e. The number of aryl methyl sites for hydroxylation is 1. The number of imidazole rings is 1. The number of fused-ring (bicyclic) bond motifs is 2. The molecule has 2 nitrogen and oxygen atoms in total. The Hall–Kier alpha value is -0.970. The van der Waals surface area contributed by atoms with Crippen LogP contribution >= 0.6 is 34.7 Å². The Labute approximate surface area is 124 Å². The van der Waals surface area contributed by atoms with E-state index in [1.807, 2.05) is 41.3 Å². The van der Waals surface area contributed by atoms with Gasteiger partial charge in [0.05, 0.1) is 15.4 Å². The van der Waals surface area contributed by atoms with Crippen LogP contribution in [0.4, 0.5) is 0 Å². The summed E-state index contributed by atoms with van der Waals surface area (Å²) in [6.07, 6.45) is 1.19. The molecular formula is C14H11ClN2S2. The van der Waals surface area contributed by atoms with Crippen LogP contribution in [0.5, 0.6) is 0 Å². The lowest BCUT2D eigenvalue weighted by atomic mass is 10.2.